The van der Waals surface area contributed by atoms with Gasteiger partial charge in [0.25, 0.3) is 11.8 Å². The molecule has 0 saturated heterocycles. The van der Waals surface area contributed by atoms with Gasteiger partial charge in [0.2, 0.25) is 0 Å². The molecule has 256 valence electrons. The Hall–Kier alpha value is -4.67. The molecule has 0 bridgehead atoms. The number of amides is 2. The van der Waals surface area contributed by atoms with Crippen LogP contribution in [0.5, 0.6) is 0 Å². The lowest BCUT2D eigenvalue weighted by atomic mass is 9.93. The number of unbranched alkanes of at least 4 members (excludes halogenated alkanes) is 2. The Balaban J connectivity index is 1.37. The van der Waals surface area contributed by atoms with E-state index in [1.54, 1.807) is 9.58 Å². The van der Waals surface area contributed by atoms with Crippen LogP contribution in [0.4, 0.5) is 5.69 Å². The fourth-order valence-electron chi connectivity index (χ4n) is 6.93. The molecule has 2 aromatic heterocycles. The summed E-state index contributed by atoms with van der Waals surface area (Å²) in [4.78, 5) is 35.8. The van der Waals surface area contributed by atoms with Crippen molar-refractivity contribution in [2.24, 2.45) is 7.05 Å². The van der Waals surface area contributed by atoms with Gasteiger partial charge in [-0.2, -0.15) is 5.10 Å². The highest BCUT2D eigenvalue weighted by molar-refractivity contribution is 6.60. The van der Waals surface area contributed by atoms with Crippen LogP contribution in [-0.4, -0.2) is 76.5 Å². The quantitative estimate of drug-likeness (QED) is 0.170. The standard InChI is InChI=1S/C39H48N6O3Si/c1-5-7-19-43(20-8-6-2)39(48)34-22-27(3)45(40-34)35-17-16-31(41-49-36-15-11-14-28-18-21-42(4)37(28)36)24-33(35)38(47)44-25-30-13-10-9-12-29(30)23-32(44)26-46/h9-18,21-22,24,32,41,46H,5-8,19-20,23,25-26,49H2,1-4H3. The van der Waals surface area contributed by atoms with Crippen LogP contribution in [-0.2, 0) is 20.0 Å². The lowest BCUT2D eigenvalue weighted by molar-refractivity contribution is 0.0544. The monoisotopic (exact) mass is 676 g/mol. The molecule has 6 rings (SSSR count). The number of nitrogens with zero attached hydrogens (tertiary/aromatic N) is 5. The van der Waals surface area contributed by atoms with E-state index in [2.05, 4.69) is 73.0 Å². The summed E-state index contributed by atoms with van der Waals surface area (Å²) >= 11 is 0. The molecule has 3 aromatic carbocycles. The first-order valence-electron chi connectivity index (χ1n) is 17.6. The normalized spacial score (nSPS) is 14.5. The first-order chi connectivity index (χ1) is 23.8. The summed E-state index contributed by atoms with van der Waals surface area (Å²) in [5.74, 6) is -0.252. The van der Waals surface area contributed by atoms with Gasteiger partial charge in [-0.3, -0.25) is 9.59 Å². The van der Waals surface area contributed by atoms with E-state index in [-0.39, 0.29) is 24.5 Å². The third-order valence-corrected chi connectivity index (χ3v) is 11.2. The molecule has 2 N–H and O–H groups in total. The second-order valence-electron chi connectivity index (χ2n) is 13.2. The second-order valence-corrected chi connectivity index (χ2v) is 14.7. The molecule has 49 heavy (non-hydrogen) atoms. The molecule has 0 aliphatic carbocycles. The van der Waals surface area contributed by atoms with Gasteiger partial charge in [0.15, 0.2) is 15.4 Å². The number of aromatic nitrogens is 3. The Kier molecular flexibility index (Phi) is 10.6. The fourth-order valence-corrected chi connectivity index (χ4v) is 8.41. The number of hydrogen-bond donors (Lipinski definition) is 2. The molecule has 1 aliphatic heterocycles. The van der Waals surface area contributed by atoms with Gasteiger partial charge in [0, 0.05) is 49.8 Å². The molecule has 9 nitrogen and oxygen atoms in total. The number of aryl methyl sites for hydroxylation is 2. The molecule has 3 heterocycles. The molecule has 5 aromatic rings. The molecular formula is C39H48N6O3Si. The topological polar surface area (TPSA) is 95.6 Å². The molecule has 0 fully saturated rings. The van der Waals surface area contributed by atoms with E-state index >= 15 is 0 Å². The van der Waals surface area contributed by atoms with Crippen LogP contribution in [0.25, 0.3) is 16.6 Å². The van der Waals surface area contributed by atoms with Crippen molar-refractivity contribution in [3.63, 3.8) is 0 Å². The fraction of sp³-hybridized carbons (Fsp3) is 0.359. The average Bonchev–Trinajstić information content (AvgIpc) is 3.71. The van der Waals surface area contributed by atoms with Crippen molar-refractivity contribution in [1.29, 1.82) is 0 Å². The Morgan fingerprint density at radius 2 is 1.73 bits per heavy atom. The van der Waals surface area contributed by atoms with Crippen molar-refractivity contribution in [3.05, 3.63) is 107 Å². The summed E-state index contributed by atoms with van der Waals surface area (Å²) in [6, 6.07) is 24.0. The highest BCUT2D eigenvalue weighted by Crippen LogP contribution is 2.29. The number of benzene rings is 3. The minimum atomic E-state index is -0.963. The van der Waals surface area contributed by atoms with E-state index in [0.717, 1.165) is 48.2 Å². The number of aliphatic hydroxyl groups excluding tert-OH is 1. The second kappa shape index (κ2) is 15.3. The van der Waals surface area contributed by atoms with E-state index in [1.807, 2.05) is 48.2 Å². The molecule has 1 aliphatic rings. The lowest BCUT2D eigenvalue weighted by Gasteiger charge is -2.36. The first kappa shape index (κ1) is 34.2. The van der Waals surface area contributed by atoms with Crippen molar-refractivity contribution >= 4 is 43.3 Å². The molecular weight excluding hydrogens is 629 g/mol. The summed E-state index contributed by atoms with van der Waals surface area (Å²) in [6.07, 6.45) is 6.57. The van der Waals surface area contributed by atoms with E-state index in [0.29, 0.717) is 43.0 Å². The Bertz CT molecular complexity index is 1940. The van der Waals surface area contributed by atoms with Gasteiger partial charge in [-0.1, -0.05) is 69.2 Å². The van der Waals surface area contributed by atoms with Crippen molar-refractivity contribution in [2.75, 3.05) is 24.7 Å². The van der Waals surface area contributed by atoms with Crippen molar-refractivity contribution in [2.45, 2.75) is 65.5 Å². The minimum Gasteiger partial charge on any atom is -0.412 e. The number of anilines is 1. The summed E-state index contributed by atoms with van der Waals surface area (Å²) in [5, 5.41) is 17.8. The number of nitrogens with one attached hydrogen (secondary N) is 1. The number of rotatable bonds is 13. The molecule has 1 unspecified atom stereocenters. The zero-order valence-corrected chi connectivity index (χ0v) is 30.6. The van der Waals surface area contributed by atoms with Gasteiger partial charge < -0.3 is 24.5 Å². The minimum absolute atomic E-state index is 0.0799. The summed E-state index contributed by atoms with van der Waals surface area (Å²) in [6.45, 7) is 7.86. The van der Waals surface area contributed by atoms with Crippen molar-refractivity contribution < 1.29 is 14.7 Å². The van der Waals surface area contributed by atoms with Crippen molar-refractivity contribution in [1.82, 2.24) is 24.1 Å². The van der Waals surface area contributed by atoms with Gasteiger partial charge in [0.05, 0.1) is 23.9 Å². The molecule has 0 spiro atoms. The van der Waals surface area contributed by atoms with Crippen LogP contribution in [0, 0.1) is 6.92 Å². The maximum absolute atomic E-state index is 14.7. The molecule has 1 atom stereocenters. The van der Waals surface area contributed by atoms with Crippen LogP contribution in [0.1, 0.15) is 77.2 Å². The smallest absolute Gasteiger partial charge is 0.274 e. The highest BCUT2D eigenvalue weighted by Gasteiger charge is 2.32. The molecule has 10 heteroatoms. The van der Waals surface area contributed by atoms with E-state index in [4.69, 9.17) is 5.10 Å². The zero-order valence-electron chi connectivity index (χ0n) is 29.2. The van der Waals surface area contributed by atoms with Gasteiger partial charge in [-0.05, 0) is 78.2 Å². The number of hydrogen-bond acceptors (Lipinski definition) is 5. The summed E-state index contributed by atoms with van der Waals surface area (Å²) in [5.41, 5.74) is 6.57. The van der Waals surface area contributed by atoms with Crippen LogP contribution in [0.15, 0.2) is 79.0 Å². The van der Waals surface area contributed by atoms with Crippen LogP contribution in [0.2, 0.25) is 0 Å². The summed E-state index contributed by atoms with van der Waals surface area (Å²) < 4.78 is 3.89. The van der Waals surface area contributed by atoms with Gasteiger partial charge in [-0.25, -0.2) is 4.68 Å². The SMILES string of the molecule is CCCCN(CCCC)C(=O)c1cc(C)n(-c2ccc(N[SiH2]c3cccc4ccn(C)c34)cc2C(=O)N2Cc3ccccc3CC2CO)n1. The van der Waals surface area contributed by atoms with E-state index in [1.165, 1.54) is 16.1 Å². The average molecular weight is 677 g/mol. The molecule has 0 saturated carbocycles. The zero-order chi connectivity index (χ0) is 34.5. The van der Waals surface area contributed by atoms with Gasteiger partial charge in [-0.15, -0.1) is 0 Å². The number of fused-ring (bicyclic) bond motifs is 2. The number of carbonyl (C=O) groups is 2. The van der Waals surface area contributed by atoms with Crippen LogP contribution in [0.3, 0.4) is 0 Å². The number of carbonyl (C=O) groups excluding carboxylic acids is 2. The maximum atomic E-state index is 14.7. The van der Waals surface area contributed by atoms with Crippen LogP contribution < -0.4 is 10.2 Å². The van der Waals surface area contributed by atoms with Crippen LogP contribution >= 0.6 is 0 Å². The Morgan fingerprint density at radius 1 is 0.980 bits per heavy atom. The predicted octanol–water partition coefficient (Wildman–Crippen LogP) is 5.10. The van der Waals surface area contributed by atoms with E-state index < -0.39 is 9.68 Å². The summed E-state index contributed by atoms with van der Waals surface area (Å²) in [7, 11) is 1.11. The Labute approximate surface area is 291 Å². The van der Waals surface area contributed by atoms with Gasteiger partial charge >= 0.3 is 0 Å². The van der Waals surface area contributed by atoms with E-state index in [9.17, 15) is 14.7 Å². The highest BCUT2D eigenvalue weighted by atomic mass is 28.2. The first-order valence-corrected chi connectivity index (χ1v) is 19.0. The molecule has 2 amide bonds. The van der Waals surface area contributed by atoms with Crippen molar-refractivity contribution in [3.8, 4) is 5.69 Å². The largest absolute Gasteiger partial charge is 0.412 e. The third-order valence-electron chi connectivity index (χ3n) is 9.70. The number of para-hydroxylation sites is 1. The maximum Gasteiger partial charge on any atom is 0.274 e. The number of aliphatic hydroxyl groups is 1. The lowest BCUT2D eigenvalue weighted by Crippen LogP contribution is -2.46. The molecule has 0 radical (unpaired) electrons. The third kappa shape index (κ3) is 7.21. The Morgan fingerprint density at radius 3 is 2.47 bits per heavy atom. The van der Waals surface area contributed by atoms with Gasteiger partial charge in [0.1, 0.15) is 0 Å². The predicted molar refractivity (Wildman–Crippen MR) is 200 cm³/mol.